The van der Waals surface area contributed by atoms with Crippen molar-refractivity contribution in [3.63, 3.8) is 0 Å². The van der Waals surface area contributed by atoms with E-state index in [-0.39, 0.29) is 24.0 Å². The Kier molecular flexibility index (Phi) is 10.8. The van der Waals surface area contributed by atoms with Crippen molar-refractivity contribution < 1.29 is 4.74 Å². The molecule has 0 saturated heterocycles. The van der Waals surface area contributed by atoms with Gasteiger partial charge in [0, 0.05) is 44.6 Å². The maximum Gasteiger partial charge on any atom is 0.191 e. The summed E-state index contributed by atoms with van der Waals surface area (Å²) in [6.07, 6.45) is 5.76. The number of aromatic nitrogens is 2. The SMILES string of the molecule is CCCOc1cc(C)ccc1CNC(=NC)NCCCn1cccn1.I. The molecule has 0 aliphatic rings. The minimum Gasteiger partial charge on any atom is -0.493 e. The van der Waals surface area contributed by atoms with Crippen molar-refractivity contribution in [2.24, 2.45) is 4.99 Å². The van der Waals surface area contributed by atoms with E-state index in [0.717, 1.165) is 49.8 Å². The van der Waals surface area contributed by atoms with Crippen molar-refractivity contribution in [2.45, 2.75) is 39.8 Å². The number of ether oxygens (including phenoxy) is 1. The van der Waals surface area contributed by atoms with Gasteiger partial charge in [-0.3, -0.25) is 9.67 Å². The second-order valence-electron chi connectivity index (χ2n) is 5.93. The second kappa shape index (κ2) is 12.6. The van der Waals surface area contributed by atoms with Gasteiger partial charge < -0.3 is 15.4 Å². The number of nitrogens with zero attached hydrogens (tertiary/aromatic N) is 3. The monoisotopic (exact) mass is 471 g/mol. The van der Waals surface area contributed by atoms with Crippen molar-refractivity contribution in [3.8, 4) is 5.75 Å². The Morgan fingerprint density at radius 2 is 2.15 bits per heavy atom. The molecule has 7 heteroatoms. The zero-order valence-electron chi connectivity index (χ0n) is 15.9. The molecule has 2 aromatic rings. The topological polar surface area (TPSA) is 63.5 Å². The fourth-order valence-electron chi connectivity index (χ4n) is 2.43. The van der Waals surface area contributed by atoms with Gasteiger partial charge in [-0.1, -0.05) is 19.1 Å². The van der Waals surface area contributed by atoms with Gasteiger partial charge in [-0.15, -0.1) is 24.0 Å². The number of aryl methyl sites for hydroxylation is 2. The van der Waals surface area contributed by atoms with Gasteiger partial charge >= 0.3 is 0 Å². The van der Waals surface area contributed by atoms with Crippen molar-refractivity contribution >= 4 is 29.9 Å². The molecule has 0 aliphatic carbocycles. The van der Waals surface area contributed by atoms with E-state index in [1.165, 1.54) is 5.56 Å². The lowest BCUT2D eigenvalue weighted by atomic mass is 10.1. The lowest BCUT2D eigenvalue weighted by Gasteiger charge is -2.15. The molecule has 1 heterocycles. The van der Waals surface area contributed by atoms with Crippen LogP contribution in [0, 0.1) is 6.92 Å². The standard InChI is InChI=1S/C19H29N5O.HI/c1-4-13-25-18-14-16(2)7-8-17(18)15-22-19(20-3)21-9-5-11-24-12-6-10-23-24;/h6-8,10,12,14H,4-5,9,11,13,15H2,1-3H3,(H2,20,21,22);1H. The minimum absolute atomic E-state index is 0. The van der Waals surface area contributed by atoms with Gasteiger partial charge in [0.1, 0.15) is 5.75 Å². The van der Waals surface area contributed by atoms with Gasteiger partial charge in [0.2, 0.25) is 0 Å². The number of nitrogens with one attached hydrogen (secondary N) is 2. The molecule has 1 aromatic carbocycles. The quantitative estimate of drug-likeness (QED) is 0.255. The molecule has 0 unspecified atom stereocenters. The van der Waals surface area contributed by atoms with Crippen LogP contribution in [0.5, 0.6) is 5.75 Å². The van der Waals surface area contributed by atoms with Crippen LogP contribution in [0.15, 0.2) is 41.7 Å². The third-order valence-electron chi connectivity index (χ3n) is 3.77. The summed E-state index contributed by atoms with van der Waals surface area (Å²) in [6.45, 7) is 7.34. The maximum atomic E-state index is 5.86. The van der Waals surface area contributed by atoms with E-state index in [1.54, 1.807) is 13.2 Å². The first-order chi connectivity index (χ1) is 12.2. The van der Waals surface area contributed by atoms with Crippen molar-refractivity contribution in [1.82, 2.24) is 20.4 Å². The number of guanidine groups is 1. The fraction of sp³-hybridized carbons (Fsp3) is 0.474. The summed E-state index contributed by atoms with van der Waals surface area (Å²) >= 11 is 0. The summed E-state index contributed by atoms with van der Waals surface area (Å²) in [4.78, 5) is 4.28. The molecular formula is C19H30IN5O. The first-order valence-corrected chi connectivity index (χ1v) is 8.87. The molecule has 6 nitrogen and oxygen atoms in total. The van der Waals surface area contributed by atoms with Gasteiger partial charge in [0.15, 0.2) is 5.96 Å². The van der Waals surface area contributed by atoms with Gasteiger partial charge in [0.05, 0.1) is 6.61 Å². The second-order valence-corrected chi connectivity index (χ2v) is 5.93. The first-order valence-electron chi connectivity index (χ1n) is 8.87. The van der Waals surface area contributed by atoms with Crippen LogP contribution in [0.1, 0.15) is 30.9 Å². The largest absolute Gasteiger partial charge is 0.493 e. The summed E-state index contributed by atoms with van der Waals surface area (Å²) in [7, 11) is 1.78. The average molecular weight is 471 g/mol. The summed E-state index contributed by atoms with van der Waals surface area (Å²) < 4.78 is 7.80. The molecule has 0 fully saturated rings. The predicted molar refractivity (Wildman–Crippen MR) is 117 cm³/mol. The molecule has 0 atom stereocenters. The lowest BCUT2D eigenvalue weighted by Crippen LogP contribution is -2.37. The molecule has 0 spiro atoms. The van der Waals surface area contributed by atoms with Gasteiger partial charge in [-0.2, -0.15) is 5.10 Å². The summed E-state index contributed by atoms with van der Waals surface area (Å²) in [5.74, 6) is 1.74. The fourth-order valence-corrected chi connectivity index (χ4v) is 2.43. The highest BCUT2D eigenvalue weighted by Crippen LogP contribution is 2.20. The molecule has 26 heavy (non-hydrogen) atoms. The first kappa shape index (κ1) is 22.3. The Morgan fingerprint density at radius 3 is 2.85 bits per heavy atom. The Bertz CT molecular complexity index is 658. The van der Waals surface area contributed by atoms with Gasteiger partial charge in [-0.05, 0) is 37.5 Å². The van der Waals surface area contributed by atoms with Crippen LogP contribution in [-0.4, -0.2) is 35.9 Å². The predicted octanol–water partition coefficient (Wildman–Crippen LogP) is 3.35. The molecule has 0 amide bonds. The van der Waals surface area contributed by atoms with E-state index in [4.69, 9.17) is 4.74 Å². The molecule has 0 saturated carbocycles. The third kappa shape index (κ3) is 7.63. The van der Waals surface area contributed by atoms with E-state index in [0.29, 0.717) is 6.54 Å². The summed E-state index contributed by atoms with van der Waals surface area (Å²) in [5.41, 5.74) is 2.34. The average Bonchev–Trinajstić information content (AvgIpc) is 3.14. The van der Waals surface area contributed by atoms with Crippen LogP contribution in [0.3, 0.4) is 0 Å². The molecule has 0 bridgehead atoms. The van der Waals surface area contributed by atoms with Crippen LogP contribution in [0.4, 0.5) is 0 Å². The van der Waals surface area contributed by atoms with Crippen molar-refractivity contribution in [2.75, 3.05) is 20.2 Å². The van der Waals surface area contributed by atoms with Gasteiger partial charge in [-0.25, -0.2) is 0 Å². The van der Waals surface area contributed by atoms with Crippen LogP contribution >= 0.6 is 24.0 Å². The van der Waals surface area contributed by atoms with E-state index >= 15 is 0 Å². The highest BCUT2D eigenvalue weighted by atomic mass is 127. The summed E-state index contributed by atoms with van der Waals surface area (Å²) in [5, 5.41) is 10.9. The number of rotatable bonds is 9. The molecular weight excluding hydrogens is 441 g/mol. The highest BCUT2D eigenvalue weighted by Gasteiger charge is 2.05. The zero-order valence-corrected chi connectivity index (χ0v) is 18.2. The van der Waals surface area contributed by atoms with Crippen molar-refractivity contribution in [1.29, 1.82) is 0 Å². The number of benzene rings is 1. The zero-order chi connectivity index (χ0) is 17.9. The Balaban J connectivity index is 0.00000338. The van der Waals surface area contributed by atoms with E-state index in [9.17, 15) is 0 Å². The molecule has 2 N–H and O–H groups in total. The van der Waals surface area contributed by atoms with E-state index in [2.05, 4.69) is 52.8 Å². The Hall–Kier alpha value is -1.77. The number of hydrogen-bond donors (Lipinski definition) is 2. The smallest absolute Gasteiger partial charge is 0.191 e. The Morgan fingerprint density at radius 1 is 1.31 bits per heavy atom. The number of hydrogen-bond acceptors (Lipinski definition) is 3. The molecule has 0 aliphatic heterocycles. The maximum absolute atomic E-state index is 5.86. The Labute approximate surface area is 173 Å². The van der Waals surface area contributed by atoms with Crippen LogP contribution < -0.4 is 15.4 Å². The number of aliphatic imine (C=N–C) groups is 1. The van der Waals surface area contributed by atoms with Crippen LogP contribution in [0.2, 0.25) is 0 Å². The molecule has 2 rings (SSSR count). The highest BCUT2D eigenvalue weighted by molar-refractivity contribution is 14.0. The normalized spacial score (nSPS) is 11.0. The van der Waals surface area contributed by atoms with Crippen molar-refractivity contribution in [3.05, 3.63) is 47.8 Å². The van der Waals surface area contributed by atoms with Crippen LogP contribution in [-0.2, 0) is 13.1 Å². The van der Waals surface area contributed by atoms with E-state index in [1.807, 2.05) is 16.9 Å². The number of halogens is 1. The minimum atomic E-state index is 0. The lowest BCUT2D eigenvalue weighted by molar-refractivity contribution is 0.313. The molecule has 1 aromatic heterocycles. The molecule has 144 valence electrons. The van der Waals surface area contributed by atoms with Crippen LogP contribution in [0.25, 0.3) is 0 Å². The van der Waals surface area contributed by atoms with E-state index < -0.39 is 0 Å². The van der Waals surface area contributed by atoms with Gasteiger partial charge in [0.25, 0.3) is 0 Å². The third-order valence-corrected chi connectivity index (χ3v) is 3.77. The summed E-state index contributed by atoms with van der Waals surface area (Å²) in [6, 6.07) is 8.25. The molecule has 0 radical (unpaired) electrons.